The molecule has 1 aliphatic heterocycles. The quantitative estimate of drug-likeness (QED) is 0.899. The zero-order chi connectivity index (χ0) is 17.1. The van der Waals surface area contributed by atoms with Crippen LogP contribution in [0.4, 0.5) is 11.8 Å². The highest BCUT2D eigenvalue weighted by Crippen LogP contribution is 2.26. The summed E-state index contributed by atoms with van der Waals surface area (Å²) in [5.41, 5.74) is 14.3. The molecule has 2 heterocycles. The number of aromatic nitrogens is 2. The fraction of sp³-hybridized carbons (Fsp3) is 0.389. The van der Waals surface area contributed by atoms with Gasteiger partial charge in [-0.05, 0) is 31.9 Å². The van der Waals surface area contributed by atoms with E-state index in [1.807, 2.05) is 12.1 Å². The van der Waals surface area contributed by atoms with E-state index in [9.17, 15) is 5.26 Å². The van der Waals surface area contributed by atoms with E-state index in [-0.39, 0.29) is 17.3 Å². The fourth-order valence-electron chi connectivity index (χ4n) is 3.21. The molecular formula is C18H22N6. The summed E-state index contributed by atoms with van der Waals surface area (Å²) in [5, 5.41) is 9.29. The lowest BCUT2D eigenvalue weighted by Crippen LogP contribution is -2.36. The number of hydrogen-bond acceptors (Lipinski definition) is 6. The molecule has 1 unspecified atom stereocenters. The molecule has 0 radical (unpaired) electrons. The Morgan fingerprint density at radius 2 is 1.96 bits per heavy atom. The molecule has 24 heavy (non-hydrogen) atoms. The first-order valence-electron chi connectivity index (χ1n) is 8.25. The van der Waals surface area contributed by atoms with Gasteiger partial charge in [-0.15, -0.1) is 0 Å². The van der Waals surface area contributed by atoms with E-state index < -0.39 is 0 Å². The van der Waals surface area contributed by atoms with Gasteiger partial charge in [-0.2, -0.15) is 10.2 Å². The van der Waals surface area contributed by atoms with Crippen LogP contribution in [0.2, 0.25) is 0 Å². The maximum Gasteiger partial charge on any atom is 0.222 e. The van der Waals surface area contributed by atoms with Crippen LogP contribution in [-0.2, 0) is 6.54 Å². The molecule has 6 heteroatoms. The Morgan fingerprint density at radius 1 is 1.21 bits per heavy atom. The van der Waals surface area contributed by atoms with Crippen LogP contribution in [0.25, 0.3) is 11.3 Å². The normalized spacial score (nSPS) is 18.2. The Kier molecular flexibility index (Phi) is 4.63. The summed E-state index contributed by atoms with van der Waals surface area (Å²) in [7, 11) is 0. The summed E-state index contributed by atoms with van der Waals surface area (Å²) in [5.74, 6) is 0.193. The monoisotopic (exact) mass is 322 g/mol. The van der Waals surface area contributed by atoms with E-state index in [0.29, 0.717) is 11.7 Å². The average Bonchev–Trinajstić information content (AvgIpc) is 2.57. The number of nitrogens with zero attached hydrogens (tertiary/aromatic N) is 4. The summed E-state index contributed by atoms with van der Waals surface area (Å²) >= 11 is 0. The maximum absolute atomic E-state index is 9.29. The van der Waals surface area contributed by atoms with Crippen LogP contribution in [0, 0.1) is 11.3 Å². The van der Waals surface area contributed by atoms with Crippen molar-refractivity contribution in [1.82, 2.24) is 14.9 Å². The predicted octanol–water partition coefficient (Wildman–Crippen LogP) is 2.55. The first kappa shape index (κ1) is 16.2. The molecule has 0 bridgehead atoms. The van der Waals surface area contributed by atoms with Gasteiger partial charge in [0, 0.05) is 18.2 Å². The molecule has 6 nitrogen and oxygen atoms in total. The molecule has 1 fully saturated rings. The number of nitrogen functional groups attached to an aromatic ring is 2. The van der Waals surface area contributed by atoms with Crippen molar-refractivity contribution < 1.29 is 0 Å². The zero-order valence-corrected chi connectivity index (χ0v) is 13.9. The van der Waals surface area contributed by atoms with Crippen molar-refractivity contribution in [1.29, 1.82) is 5.26 Å². The molecule has 1 aromatic carbocycles. The molecule has 124 valence electrons. The van der Waals surface area contributed by atoms with Gasteiger partial charge >= 0.3 is 0 Å². The molecule has 1 aliphatic rings. The zero-order valence-electron chi connectivity index (χ0n) is 13.9. The van der Waals surface area contributed by atoms with Crippen LogP contribution in [-0.4, -0.2) is 27.5 Å². The SMILES string of the molecule is CC1CCCCN1Cc1ccc(-c2nc(N)nc(N)c2C#N)cc1. The number of nitriles is 1. The van der Waals surface area contributed by atoms with E-state index in [1.54, 1.807) is 0 Å². The summed E-state index contributed by atoms with van der Waals surface area (Å²) in [4.78, 5) is 10.5. The lowest BCUT2D eigenvalue weighted by Gasteiger charge is -2.33. The summed E-state index contributed by atoms with van der Waals surface area (Å²) in [6.07, 6.45) is 3.86. The summed E-state index contributed by atoms with van der Waals surface area (Å²) in [6, 6.07) is 10.8. The third-order valence-corrected chi connectivity index (χ3v) is 4.62. The van der Waals surface area contributed by atoms with Crippen LogP contribution >= 0.6 is 0 Å². The number of anilines is 2. The third-order valence-electron chi connectivity index (χ3n) is 4.62. The largest absolute Gasteiger partial charge is 0.382 e. The lowest BCUT2D eigenvalue weighted by molar-refractivity contribution is 0.152. The maximum atomic E-state index is 9.29. The Hall–Kier alpha value is -2.65. The highest BCUT2D eigenvalue weighted by atomic mass is 15.2. The second-order valence-corrected chi connectivity index (χ2v) is 6.31. The van der Waals surface area contributed by atoms with Gasteiger partial charge in [-0.3, -0.25) is 4.90 Å². The molecule has 4 N–H and O–H groups in total. The van der Waals surface area contributed by atoms with E-state index in [4.69, 9.17) is 11.5 Å². The second kappa shape index (κ2) is 6.85. The second-order valence-electron chi connectivity index (χ2n) is 6.31. The molecule has 0 saturated carbocycles. The van der Waals surface area contributed by atoms with Gasteiger partial charge < -0.3 is 11.5 Å². The topological polar surface area (TPSA) is 105 Å². The molecule has 3 rings (SSSR count). The molecule has 1 atom stereocenters. The first-order valence-corrected chi connectivity index (χ1v) is 8.25. The summed E-state index contributed by atoms with van der Waals surface area (Å²) in [6.45, 7) is 4.39. The van der Waals surface area contributed by atoms with Crippen LogP contribution in [0.5, 0.6) is 0 Å². The van der Waals surface area contributed by atoms with Gasteiger partial charge in [0.25, 0.3) is 0 Å². The van der Waals surface area contributed by atoms with Gasteiger partial charge in [0.15, 0.2) is 0 Å². The first-order chi connectivity index (χ1) is 11.6. The summed E-state index contributed by atoms with van der Waals surface area (Å²) < 4.78 is 0. The molecule has 1 aromatic heterocycles. The van der Waals surface area contributed by atoms with Gasteiger partial charge in [0.2, 0.25) is 5.95 Å². The standard InChI is InChI=1S/C18H22N6/c1-12-4-2-3-9-24(12)11-13-5-7-14(8-6-13)16-15(10-19)17(20)23-18(21)22-16/h5-8,12H,2-4,9,11H2,1H3,(H4,20,21,22,23). The van der Waals surface area contributed by atoms with Gasteiger partial charge in [0.1, 0.15) is 17.5 Å². The average molecular weight is 322 g/mol. The van der Waals surface area contributed by atoms with Gasteiger partial charge in [-0.25, -0.2) is 4.98 Å². The van der Waals surface area contributed by atoms with Crippen LogP contribution in [0.1, 0.15) is 37.3 Å². The third kappa shape index (κ3) is 3.31. The van der Waals surface area contributed by atoms with Gasteiger partial charge in [0.05, 0.1) is 5.69 Å². The molecule has 0 aliphatic carbocycles. The minimum absolute atomic E-state index is 0.0766. The molecule has 1 saturated heterocycles. The number of nitrogens with two attached hydrogens (primary N) is 2. The van der Waals surface area contributed by atoms with Crippen molar-refractivity contribution in [3.8, 4) is 17.3 Å². The van der Waals surface area contributed by atoms with Crippen molar-refractivity contribution in [3.63, 3.8) is 0 Å². The smallest absolute Gasteiger partial charge is 0.222 e. The van der Waals surface area contributed by atoms with E-state index in [2.05, 4.69) is 40.0 Å². The van der Waals surface area contributed by atoms with Crippen LogP contribution < -0.4 is 11.5 Å². The van der Waals surface area contributed by atoms with Crippen LogP contribution in [0.15, 0.2) is 24.3 Å². The number of benzene rings is 1. The van der Waals surface area contributed by atoms with Crippen molar-refractivity contribution in [2.24, 2.45) is 0 Å². The molecule has 2 aromatic rings. The van der Waals surface area contributed by atoms with Gasteiger partial charge in [-0.1, -0.05) is 30.7 Å². The Labute approximate surface area is 142 Å². The number of piperidine rings is 1. The molecular weight excluding hydrogens is 300 g/mol. The van der Waals surface area contributed by atoms with Crippen molar-refractivity contribution in [2.45, 2.75) is 38.8 Å². The Balaban J connectivity index is 1.84. The molecule has 0 spiro atoms. The van der Waals surface area contributed by atoms with E-state index in [0.717, 1.165) is 18.7 Å². The predicted molar refractivity (Wildman–Crippen MR) is 94.7 cm³/mol. The van der Waals surface area contributed by atoms with Crippen LogP contribution in [0.3, 0.4) is 0 Å². The van der Waals surface area contributed by atoms with E-state index in [1.165, 1.54) is 24.8 Å². The Morgan fingerprint density at radius 3 is 2.62 bits per heavy atom. The number of rotatable bonds is 3. The van der Waals surface area contributed by atoms with E-state index >= 15 is 0 Å². The minimum atomic E-state index is 0.0766. The number of likely N-dealkylation sites (tertiary alicyclic amines) is 1. The minimum Gasteiger partial charge on any atom is -0.382 e. The van der Waals surface area contributed by atoms with Crippen molar-refractivity contribution in [3.05, 3.63) is 35.4 Å². The van der Waals surface area contributed by atoms with Crippen molar-refractivity contribution >= 4 is 11.8 Å². The fourth-order valence-corrected chi connectivity index (χ4v) is 3.21. The highest BCUT2D eigenvalue weighted by molar-refractivity contribution is 5.73. The molecule has 0 amide bonds. The van der Waals surface area contributed by atoms with Crippen molar-refractivity contribution in [2.75, 3.05) is 18.0 Å². The highest BCUT2D eigenvalue weighted by Gasteiger charge is 2.18. The lowest BCUT2D eigenvalue weighted by atomic mass is 10.0. The Bertz CT molecular complexity index is 762. The number of hydrogen-bond donors (Lipinski definition) is 2.